The summed E-state index contributed by atoms with van der Waals surface area (Å²) < 4.78 is 5.68. The van der Waals surface area contributed by atoms with Gasteiger partial charge in [-0.1, -0.05) is 11.3 Å². The van der Waals surface area contributed by atoms with Crippen LogP contribution in [-0.4, -0.2) is 17.2 Å². The van der Waals surface area contributed by atoms with Gasteiger partial charge in [0.1, 0.15) is 5.00 Å². The highest BCUT2D eigenvalue weighted by atomic mass is 79.9. The Labute approximate surface area is 94.8 Å². The molecule has 0 saturated heterocycles. The van der Waals surface area contributed by atoms with E-state index in [1.165, 1.54) is 11.3 Å². The van der Waals surface area contributed by atoms with Crippen LogP contribution in [0.2, 0.25) is 0 Å². The molecule has 1 heterocycles. The van der Waals surface area contributed by atoms with Crippen LogP contribution in [0, 0.1) is 6.92 Å². The van der Waals surface area contributed by atoms with Crippen LogP contribution in [-0.2, 0) is 4.74 Å². The topological polar surface area (TPSA) is 51.2 Å². The van der Waals surface area contributed by atoms with E-state index in [0.29, 0.717) is 5.00 Å². The van der Waals surface area contributed by atoms with Gasteiger partial charge in [-0.15, -0.1) is 0 Å². The number of aryl methyl sites for hydroxylation is 1. The largest absolute Gasteiger partial charge is 0.447 e. The smallest absolute Gasteiger partial charge is 0.412 e. The molecule has 1 rings (SSSR count). The molecule has 0 atom stereocenters. The molecule has 1 N–H and O–H groups in total. The molecule has 6 heteroatoms. The molecule has 0 spiro atoms. The number of hydrogen-bond acceptors (Lipinski definition) is 4. The van der Waals surface area contributed by atoms with E-state index in [1.54, 1.807) is 13.8 Å². The van der Waals surface area contributed by atoms with E-state index in [9.17, 15) is 4.79 Å². The fourth-order valence-electron chi connectivity index (χ4n) is 0.816. The van der Waals surface area contributed by atoms with E-state index >= 15 is 0 Å². The normalized spacial score (nSPS) is 10.4. The summed E-state index contributed by atoms with van der Waals surface area (Å²) in [5, 5.41) is 3.34. The first kappa shape index (κ1) is 11.5. The van der Waals surface area contributed by atoms with Crippen molar-refractivity contribution < 1.29 is 9.53 Å². The average molecular weight is 279 g/mol. The lowest BCUT2D eigenvalue weighted by atomic mass is 10.5. The van der Waals surface area contributed by atoms with Crippen LogP contribution in [0.25, 0.3) is 0 Å². The van der Waals surface area contributed by atoms with E-state index in [0.717, 1.165) is 9.61 Å². The molecule has 1 amide bonds. The highest BCUT2D eigenvalue weighted by Crippen LogP contribution is 2.27. The molecule has 0 aromatic carbocycles. The zero-order valence-corrected chi connectivity index (χ0v) is 10.5. The highest BCUT2D eigenvalue weighted by molar-refractivity contribution is 9.11. The number of nitrogens with one attached hydrogen (secondary N) is 1. The molecular formula is C8H11BrN2O2S. The van der Waals surface area contributed by atoms with Gasteiger partial charge < -0.3 is 4.74 Å². The van der Waals surface area contributed by atoms with Crippen molar-refractivity contribution in [2.24, 2.45) is 0 Å². The van der Waals surface area contributed by atoms with Gasteiger partial charge >= 0.3 is 6.09 Å². The van der Waals surface area contributed by atoms with Gasteiger partial charge in [-0.25, -0.2) is 9.78 Å². The Kier molecular flexibility index (Phi) is 3.88. The zero-order valence-electron chi connectivity index (χ0n) is 8.13. The fourth-order valence-corrected chi connectivity index (χ4v) is 2.25. The minimum atomic E-state index is -0.445. The number of halogens is 1. The van der Waals surface area contributed by atoms with Crippen LogP contribution in [0.1, 0.15) is 19.5 Å². The van der Waals surface area contributed by atoms with Gasteiger partial charge in [-0.05, 0) is 36.7 Å². The molecule has 0 aliphatic carbocycles. The van der Waals surface area contributed by atoms with E-state index in [2.05, 4.69) is 26.2 Å². The first-order valence-electron chi connectivity index (χ1n) is 4.09. The molecule has 78 valence electrons. The lowest BCUT2D eigenvalue weighted by molar-refractivity contribution is 0.130. The van der Waals surface area contributed by atoms with E-state index in [-0.39, 0.29) is 6.10 Å². The molecule has 1 aromatic rings. The molecule has 14 heavy (non-hydrogen) atoms. The van der Waals surface area contributed by atoms with Crippen molar-refractivity contribution >= 4 is 38.4 Å². The van der Waals surface area contributed by atoms with Gasteiger partial charge in [0.05, 0.1) is 11.8 Å². The maximum Gasteiger partial charge on any atom is 0.412 e. The second-order valence-electron chi connectivity index (χ2n) is 2.96. The van der Waals surface area contributed by atoms with Crippen LogP contribution in [0.4, 0.5) is 9.80 Å². The van der Waals surface area contributed by atoms with E-state index < -0.39 is 6.09 Å². The van der Waals surface area contributed by atoms with Crippen molar-refractivity contribution in [2.75, 3.05) is 5.32 Å². The summed E-state index contributed by atoms with van der Waals surface area (Å²) in [6, 6.07) is 0. The summed E-state index contributed by atoms with van der Waals surface area (Å²) in [7, 11) is 0. The third-order valence-electron chi connectivity index (χ3n) is 1.33. The van der Waals surface area contributed by atoms with Crippen molar-refractivity contribution in [3.05, 3.63) is 9.61 Å². The molecule has 0 saturated carbocycles. The van der Waals surface area contributed by atoms with Crippen molar-refractivity contribution in [2.45, 2.75) is 26.9 Å². The number of carbonyl (C=O) groups is 1. The quantitative estimate of drug-likeness (QED) is 0.904. The summed E-state index contributed by atoms with van der Waals surface area (Å²) >= 11 is 4.60. The lowest BCUT2D eigenvalue weighted by Gasteiger charge is -2.07. The Hall–Kier alpha value is -0.620. The SMILES string of the molecule is Cc1nc(Br)sc1NC(=O)OC(C)C. The molecule has 0 radical (unpaired) electrons. The summed E-state index contributed by atoms with van der Waals surface area (Å²) in [5.74, 6) is 0. The van der Waals surface area contributed by atoms with Crippen molar-refractivity contribution in [1.29, 1.82) is 0 Å². The molecule has 0 bridgehead atoms. The molecular weight excluding hydrogens is 268 g/mol. The first-order valence-corrected chi connectivity index (χ1v) is 5.70. The van der Waals surface area contributed by atoms with Gasteiger partial charge in [0, 0.05) is 0 Å². The molecule has 0 aliphatic heterocycles. The Balaban J connectivity index is 2.60. The number of ether oxygens (including phenoxy) is 1. The number of anilines is 1. The minimum absolute atomic E-state index is 0.119. The number of thiazole rings is 1. The summed E-state index contributed by atoms with van der Waals surface area (Å²) in [6.07, 6.45) is -0.564. The second-order valence-corrected chi connectivity index (χ2v) is 5.24. The van der Waals surface area contributed by atoms with Gasteiger partial charge in [-0.2, -0.15) is 0 Å². The van der Waals surface area contributed by atoms with Crippen molar-refractivity contribution in [3.63, 3.8) is 0 Å². The number of amides is 1. The number of carbonyl (C=O) groups excluding carboxylic acids is 1. The fraction of sp³-hybridized carbons (Fsp3) is 0.500. The highest BCUT2D eigenvalue weighted by Gasteiger charge is 2.10. The van der Waals surface area contributed by atoms with Crippen LogP contribution in [0.15, 0.2) is 3.92 Å². The summed E-state index contributed by atoms with van der Waals surface area (Å²) in [4.78, 5) is 15.3. The van der Waals surface area contributed by atoms with Gasteiger partial charge in [-0.3, -0.25) is 5.32 Å². The zero-order chi connectivity index (χ0) is 10.7. The maximum atomic E-state index is 11.2. The second kappa shape index (κ2) is 4.75. The van der Waals surface area contributed by atoms with Crippen molar-refractivity contribution in [1.82, 2.24) is 4.98 Å². The van der Waals surface area contributed by atoms with Gasteiger partial charge in [0.2, 0.25) is 0 Å². The Morgan fingerprint density at radius 1 is 1.64 bits per heavy atom. The third-order valence-corrected chi connectivity index (χ3v) is 2.85. The Morgan fingerprint density at radius 3 is 2.71 bits per heavy atom. The van der Waals surface area contributed by atoms with Crippen LogP contribution >= 0.6 is 27.3 Å². The Morgan fingerprint density at radius 2 is 2.29 bits per heavy atom. The van der Waals surface area contributed by atoms with Crippen molar-refractivity contribution in [3.8, 4) is 0 Å². The average Bonchev–Trinajstić information content (AvgIpc) is 2.28. The third kappa shape index (κ3) is 3.26. The van der Waals surface area contributed by atoms with E-state index in [1.807, 2.05) is 6.92 Å². The number of hydrogen-bond donors (Lipinski definition) is 1. The predicted molar refractivity (Wildman–Crippen MR) is 59.8 cm³/mol. The maximum absolute atomic E-state index is 11.2. The molecule has 0 unspecified atom stereocenters. The molecule has 0 fully saturated rings. The first-order chi connectivity index (χ1) is 6.49. The summed E-state index contributed by atoms with van der Waals surface area (Å²) in [5.41, 5.74) is 0.780. The number of nitrogens with zero attached hydrogens (tertiary/aromatic N) is 1. The van der Waals surface area contributed by atoms with Gasteiger partial charge in [0.15, 0.2) is 3.92 Å². The molecule has 4 nitrogen and oxygen atoms in total. The van der Waals surface area contributed by atoms with Gasteiger partial charge in [0.25, 0.3) is 0 Å². The Bertz CT molecular complexity index is 338. The van der Waals surface area contributed by atoms with Crippen LogP contribution < -0.4 is 5.32 Å². The number of rotatable bonds is 2. The monoisotopic (exact) mass is 278 g/mol. The molecule has 0 aliphatic rings. The lowest BCUT2D eigenvalue weighted by Crippen LogP contribution is -2.17. The number of aromatic nitrogens is 1. The van der Waals surface area contributed by atoms with Crippen LogP contribution in [0.3, 0.4) is 0 Å². The molecule has 1 aromatic heterocycles. The predicted octanol–water partition coefficient (Wildman–Crippen LogP) is 3.17. The minimum Gasteiger partial charge on any atom is -0.447 e. The standard InChI is InChI=1S/C8H11BrN2O2S/c1-4(2)13-8(12)11-6-5(3)10-7(9)14-6/h4H,1-3H3,(H,11,12). The van der Waals surface area contributed by atoms with Crippen LogP contribution in [0.5, 0.6) is 0 Å². The van der Waals surface area contributed by atoms with E-state index in [4.69, 9.17) is 4.74 Å². The summed E-state index contributed by atoms with van der Waals surface area (Å²) in [6.45, 7) is 5.43.